The highest BCUT2D eigenvalue weighted by molar-refractivity contribution is 7.80. The van der Waals surface area contributed by atoms with Gasteiger partial charge in [0.05, 0.1) is 11.0 Å². The molecule has 0 aliphatic heterocycles. The van der Waals surface area contributed by atoms with Crippen LogP contribution in [0, 0.1) is 0 Å². The molecule has 0 spiro atoms. The fourth-order valence-corrected chi connectivity index (χ4v) is 2.36. The molecule has 1 heterocycles. The average molecular weight is 242 g/mol. The summed E-state index contributed by atoms with van der Waals surface area (Å²) < 4.78 is 0. The van der Waals surface area contributed by atoms with Gasteiger partial charge in [-0.05, 0) is 32.2 Å². The van der Waals surface area contributed by atoms with Crippen LogP contribution < -0.4 is 5.73 Å². The van der Waals surface area contributed by atoms with E-state index in [9.17, 15) is 0 Å². The molecule has 1 rings (SSSR count). The van der Waals surface area contributed by atoms with E-state index in [4.69, 9.17) is 18.0 Å². The number of rotatable bonds is 5. The smallest absolute Gasteiger partial charge is 0.0899 e. The van der Waals surface area contributed by atoms with Gasteiger partial charge in [-0.1, -0.05) is 18.3 Å². The zero-order valence-electron chi connectivity index (χ0n) is 9.43. The van der Waals surface area contributed by atoms with E-state index in [1.165, 1.54) is 4.88 Å². The lowest BCUT2D eigenvalue weighted by Crippen LogP contribution is -2.44. The first-order chi connectivity index (χ1) is 7.02. The molecule has 0 bridgehead atoms. The second kappa shape index (κ2) is 5.58. The first-order valence-corrected chi connectivity index (χ1v) is 6.38. The van der Waals surface area contributed by atoms with E-state index in [1.807, 2.05) is 0 Å². The lowest BCUT2D eigenvalue weighted by atomic mass is 10.2. The normalized spacial score (nSPS) is 13.4. The van der Waals surface area contributed by atoms with Gasteiger partial charge in [-0.25, -0.2) is 0 Å². The van der Waals surface area contributed by atoms with Gasteiger partial charge in [-0.2, -0.15) is 0 Å². The minimum absolute atomic E-state index is 0.155. The average Bonchev–Trinajstić information content (AvgIpc) is 2.64. The molecule has 0 aromatic carbocycles. The van der Waals surface area contributed by atoms with Gasteiger partial charge in [0, 0.05) is 17.5 Å². The van der Waals surface area contributed by atoms with Gasteiger partial charge < -0.3 is 5.73 Å². The number of hydrogen-bond acceptors (Lipinski definition) is 3. The Hall–Kier alpha value is -0.450. The van der Waals surface area contributed by atoms with Crippen LogP contribution >= 0.6 is 23.6 Å². The van der Waals surface area contributed by atoms with Crippen molar-refractivity contribution in [1.29, 1.82) is 0 Å². The summed E-state index contributed by atoms with van der Waals surface area (Å²) >= 11 is 6.82. The summed E-state index contributed by atoms with van der Waals surface area (Å²) in [5, 5.41) is 2.10. The maximum atomic E-state index is 5.70. The van der Waals surface area contributed by atoms with Crippen LogP contribution in [-0.2, 0) is 6.54 Å². The van der Waals surface area contributed by atoms with Crippen molar-refractivity contribution in [2.24, 2.45) is 5.73 Å². The Kier molecular flexibility index (Phi) is 4.70. The van der Waals surface area contributed by atoms with Crippen LogP contribution in [0.4, 0.5) is 0 Å². The number of nitrogens with two attached hydrogens (primary N) is 1. The lowest BCUT2D eigenvalue weighted by molar-refractivity contribution is 0.196. The fraction of sp³-hybridized carbons (Fsp3) is 0.545. The standard InChI is InChI=1S/C11H18N2S2/c1-8(2)13(9(3)11(12)14)7-10-5-4-6-15-10/h4-6,8-9H,7H2,1-3H3,(H2,12,14). The summed E-state index contributed by atoms with van der Waals surface area (Å²) in [6.45, 7) is 7.33. The van der Waals surface area contributed by atoms with Gasteiger partial charge in [0.25, 0.3) is 0 Å². The van der Waals surface area contributed by atoms with Crippen LogP contribution in [0.2, 0.25) is 0 Å². The summed E-state index contributed by atoms with van der Waals surface area (Å²) in [5.74, 6) is 0. The second-order valence-corrected chi connectivity index (χ2v) is 5.43. The van der Waals surface area contributed by atoms with Crippen molar-refractivity contribution in [2.75, 3.05) is 0 Å². The predicted molar refractivity (Wildman–Crippen MR) is 71.2 cm³/mol. The molecule has 0 aliphatic carbocycles. The third kappa shape index (κ3) is 3.55. The van der Waals surface area contributed by atoms with Gasteiger partial charge in [0.1, 0.15) is 0 Å². The molecule has 0 aliphatic rings. The third-order valence-corrected chi connectivity index (χ3v) is 3.69. The molecule has 15 heavy (non-hydrogen) atoms. The summed E-state index contributed by atoms with van der Waals surface area (Å²) in [6, 6.07) is 4.82. The van der Waals surface area contributed by atoms with Crippen LogP contribution in [0.3, 0.4) is 0 Å². The van der Waals surface area contributed by atoms with Crippen molar-refractivity contribution in [3.63, 3.8) is 0 Å². The quantitative estimate of drug-likeness (QED) is 0.805. The molecule has 0 amide bonds. The summed E-state index contributed by atoms with van der Waals surface area (Å²) in [5.41, 5.74) is 5.70. The van der Waals surface area contributed by atoms with Crippen molar-refractivity contribution < 1.29 is 0 Å². The van der Waals surface area contributed by atoms with Crippen LogP contribution in [0.25, 0.3) is 0 Å². The van der Waals surface area contributed by atoms with Crippen molar-refractivity contribution in [1.82, 2.24) is 4.90 Å². The van der Waals surface area contributed by atoms with Crippen molar-refractivity contribution in [3.05, 3.63) is 22.4 Å². The molecule has 1 aromatic heterocycles. The molecule has 1 unspecified atom stereocenters. The summed E-state index contributed by atoms with van der Waals surface area (Å²) in [7, 11) is 0. The van der Waals surface area contributed by atoms with E-state index in [0.29, 0.717) is 11.0 Å². The molecular formula is C11H18N2S2. The van der Waals surface area contributed by atoms with E-state index in [2.05, 4.69) is 43.2 Å². The van der Waals surface area contributed by atoms with Crippen LogP contribution in [0.5, 0.6) is 0 Å². The zero-order chi connectivity index (χ0) is 11.4. The largest absolute Gasteiger partial charge is 0.392 e. The van der Waals surface area contributed by atoms with Crippen molar-refractivity contribution in [3.8, 4) is 0 Å². The Morgan fingerprint density at radius 2 is 2.20 bits per heavy atom. The molecule has 1 aromatic rings. The van der Waals surface area contributed by atoms with Gasteiger partial charge in [0.2, 0.25) is 0 Å². The molecule has 0 saturated heterocycles. The molecule has 0 fully saturated rings. The van der Waals surface area contributed by atoms with E-state index >= 15 is 0 Å². The molecule has 1 atom stereocenters. The highest BCUT2D eigenvalue weighted by Gasteiger charge is 2.19. The van der Waals surface area contributed by atoms with E-state index in [1.54, 1.807) is 11.3 Å². The Morgan fingerprint density at radius 3 is 2.60 bits per heavy atom. The zero-order valence-corrected chi connectivity index (χ0v) is 11.1. The number of thiophene rings is 1. The Bertz CT molecular complexity index is 306. The topological polar surface area (TPSA) is 29.3 Å². The Labute approximate surface area is 101 Å². The first-order valence-electron chi connectivity index (χ1n) is 5.09. The minimum atomic E-state index is 0.155. The van der Waals surface area contributed by atoms with Gasteiger partial charge in [-0.3, -0.25) is 4.90 Å². The highest BCUT2D eigenvalue weighted by atomic mass is 32.1. The molecule has 4 heteroatoms. The summed E-state index contributed by atoms with van der Waals surface area (Å²) in [4.78, 5) is 4.24. The van der Waals surface area contributed by atoms with Crippen LogP contribution in [-0.4, -0.2) is 22.0 Å². The van der Waals surface area contributed by atoms with Gasteiger partial charge in [-0.15, -0.1) is 11.3 Å². The first kappa shape index (κ1) is 12.6. The van der Waals surface area contributed by atoms with Gasteiger partial charge >= 0.3 is 0 Å². The van der Waals surface area contributed by atoms with E-state index < -0.39 is 0 Å². The van der Waals surface area contributed by atoms with Gasteiger partial charge in [0.15, 0.2) is 0 Å². The monoisotopic (exact) mass is 242 g/mol. The molecule has 2 nitrogen and oxygen atoms in total. The van der Waals surface area contributed by atoms with Crippen molar-refractivity contribution in [2.45, 2.75) is 39.4 Å². The third-order valence-electron chi connectivity index (χ3n) is 2.49. The fourth-order valence-electron chi connectivity index (χ4n) is 1.51. The number of hydrogen-bond donors (Lipinski definition) is 1. The Morgan fingerprint density at radius 1 is 1.53 bits per heavy atom. The lowest BCUT2D eigenvalue weighted by Gasteiger charge is -2.31. The molecule has 0 saturated carbocycles. The SMILES string of the molecule is CC(C)N(Cc1cccs1)C(C)C(N)=S. The maximum absolute atomic E-state index is 5.70. The summed E-state index contributed by atoms with van der Waals surface area (Å²) in [6.07, 6.45) is 0. The van der Waals surface area contributed by atoms with E-state index in [-0.39, 0.29) is 6.04 Å². The number of nitrogens with zero attached hydrogens (tertiary/aromatic N) is 1. The second-order valence-electron chi connectivity index (χ2n) is 3.92. The molecular weight excluding hydrogens is 224 g/mol. The molecule has 0 radical (unpaired) electrons. The molecule has 2 N–H and O–H groups in total. The predicted octanol–water partition coefficient (Wildman–Crippen LogP) is 2.63. The number of thiocarbonyl (C=S) groups is 1. The highest BCUT2D eigenvalue weighted by Crippen LogP contribution is 2.16. The Balaban J connectivity index is 2.71. The maximum Gasteiger partial charge on any atom is 0.0899 e. The van der Waals surface area contributed by atoms with E-state index in [0.717, 1.165) is 6.54 Å². The van der Waals surface area contributed by atoms with Crippen LogP contribution in [0.15, 0.2) is 17.5 Å². The van der Waals surface area contributed by atoms with Crippen molar-refractivity contribution >= 4 is 28.5 Å². The molecule has 84 valence electrons. The van der Waals surface area contributed by atoms with Crippen LogP contribution in [0.1, 0.15) is 25.6 Å². The minimum Gasteiger partial charge on any atom is -0.392 e.